The second kappa shape index (κ2) is 5.48. The number of aromatic nitrogens is 1. The molecule has 8 heteroatoms. The first-order valence-electron chi connectivity index (χ1n) is 6.63. The molecule has 2 heterocycles. The van der Waals surface area contributed by atoms with Crippen LogP contribution in [0.25, 0.3) is 10.9 Å². The van der Waals surface area contributed by atoms with Gasteiger partial charge in [0.1, 0.15) is 5.76 Å². The van der Waals surface area contributed by atoms with Crippen LogP contribution in [-0.2, 0) is 6.54 Å². The van der Waals surface area contributed by atoms with Crippen molar-refractivity contribution in [1.29, 1.82) is 0 Å². The molecule has 0 spiro atoms. The average Bonchev–Trinajstić information content (AvgIpc) is 3.04. The SMILES string of the molecule is COc1c(O)c2ccc([N+](=O)[O-])cc2n(Cc2ccco2)c1=O. The van der Waals surface area contributed by atoms with Gasteiger partial charge in [0.2, 0.25) is 5.75 Å². The lowest BCUT2D eigenvalue weighted by atomic mass is 10.1. The number of nitrogens with zero attached hydrogens (tertiary/aromatic N) is 2. The van der Waals surface area contributed by atoms with E-state index in [2.05, 4.69) is 0 Å². The third-order valence-electron chi connectivity index (χ3n) is 3.49. The quantitative estimate of drug-likeness (QED) is 0.584. The summed E-state index contributed by atoms with van der Waals surface area (Å²) in [5, 5.41) is 21.4. The third-order valence-corrected chi connectivity index (χ3v) is 3.49. The Kier molecular flexibility index (Phi) is 3.49. The Morgan fingerprint density at radius 3 is 2.78 bits per heavy atom. The minimum atomic E-state index is -0.602. The molecule has 118 valence electrons. The highest BCUT2D eigenvalue weighted by Gasteiger charge is 2.20. The lowest BCUT2D eigenvalue weighted by molar-refractivity contribution is -0.384. The highest BCUT2D eigenvalue weighted by atomic mass is 16.6. The Labute approximate surface area is 129 Å². The highest BCUT2D eigenvalue weighted by Crippen LogP contribution is 2.33. The van der Waals surface area contributed by atoms with Crippen LogP contribution in [0.15, 0.2) is 45.8 Å². The fraction of sp³-hybridized carbons (Fsp3) is 0.133. The fourth-order valence-electron chi connectivity index (χ4n) is 2.41. The summed E-state index contributed by atoms with van der Waals surface area (Å²) >= 11 is 0. The number of benzene rings is 1. The van der Waals surface area contributed by atoms with Crippen LogP contribution in [-0.4, -0.2) is 21.7 Å². The van der Waals surface area contributed by atoms with E-state index >= 15 is 0 Å². The van der Waals surface area contributed by atoms with Crippen molar-refractivity contribution < 1.29 is 19.2 Å². The predicted octanol–water partition coefficient (Wildman–Crippen LogP) is 2.27. The van der Waals surface area contributed by atoms with Gasteiger partial charge in [-0.25, -0.2) is 0 Å². The van der Waals surface area contributed by atoms with Gasteiger partial charge < -0.3 is 14.3 Å². The molecule has 2 aromatic heterocycles. The molecule has 0 saturated carbocycles. The minimum absolute atomic E-state index is 0.0557. The molecule has 0 aliphatic carbocycles. The number of pyridine rings is 1. The lowest BCUT2D eigenvalue weighted by Crippen LogP contribution is -2.22. The Bertz CT molecular complexity index is 943. The molecule has 0 unspecified atom stereocenters. The largest absolute Gasteiger partial charge is 0.504 e. The molecular weight excluding hydrogens is 304 g/mol. The molecule has 0 fully saturated rings. The Morgan fingerprint density at radius 1 is 1.39 bits per heavy atom. The van der Waals surface area contributed by atoms with Crippen LogP contribution < -0.4 is 10.3 Å². The first-order valence-corrected chi connectivity index (χ1v) is 6.63. The monoisotopic (exact) mass is 316 g/mol. The molecule has 0 aliphatic heterocycles. The van der Waals surface area contributed by atoms with Crippen LogP contribution in [0.2, 0.25) is 0 Å². The number of hydrogen-bond acceptors (Lipinski definition) is 6. The number of furan rings is 1. The van der Waals surface area contributed by atoms with Crippen molar-refractivity contribution in [2.75, 3.05) is 7.11 Å². The highest BCUT2D eigenvalue weighted by molar-refractivity contribution is 5.89. The third kappa shape index (κ3) is 2.39. The minimum Gasteiger partial charge on any atom is -0.504 e. The Morgan fingerprint density at radius 2 is 2.17 bits per heavy atom. The molecule has 0 atom stereocenters. The number of nitro benzene ring substituents is 1. The first-order chi connectivity index (χ1) is 11.0. The van der Waals surface area contributed by atoms with Crippen LogP contribution >= 0.6 is 0 Å². The number of ether oxygens (including phenoxy) is 1. The van der Waals surface area contributed by atoms with E-state index < -0.39 is 10.5 Å². The van der Waals surface area contributed by atoms with Crippen molar-refractivity contribution in [3.63, 3.8) is 0 Å². The Hall–Kier alpha value is -3.29. The molecule has 1 aromatic carbocycles. The molecule has 8 nitrogen and oxygen atoms in total. The van der Waals surface area contributed by atoms with Gasteiger partial charge in [-0.05, 0) is 18.2 Å². The van der Waals surface area contributed by atoms with Gasteiger partial charge in [0.15, 0.2) is 5.75 Å². The second-order valence-corrected chi connectivity index (χ2v) is 4.81. The van der Waals surface area contributed by atoms with E-state index in [-0.39, 0.29) is 34.6 Å². The summed E-state index contributed by atoms with van der Waals surface area (Å²) in [4.78, 5) is 22.9. The van der Waals surface area contributed by atoms with Crippen molar-refractivity contribution in [3.8, 4) is 11.5 Å². The van der Waals surface area contributed by atoms with Crippen LogP contribution in [0.3, 0.4) is 0 Å². The van der Waals surface area contributed by atoms with Crippen LogP contribution in [0.5, 0.6) is 11.5 Å². The molecule has 23 heavy (non-hydrogen) atoms. The number of nitro groups is 1. The second-order valence-electron chi connectivity index (χ2n) is 4.81. The van der Waals surface area contributed by atoms with Gasteiger partial charge in [-0.1, -0.05) is 0 Å². The summed E-state index contributed by atoms with van der Waals surface area (Å²) in [6.45, 7) is 0.0557. The maximum atomic E-state index is 12.5. The van der Waals surface area contributed by atoms with Gasteiger partial charge >= 0.3 is 0 Å². The van der Waals surface area contributed by atoms with Gasteiger partial charge in [-0.2, -0.15) is 0 Å². The van der Waals surface area contributed by atoms with Gasteiger partial charge in [-0.3, -0.25) is 19.5 Å². The summed E-state index contributed by atoms with van der Waals surface area (Å²) in [5.41, 5.74) is -0.567. The van der Waals surface area contributed by atoms with E-state index in [1.54, 1.807) is 12.1 Å². The standard InChI is InChI=1S/C15H12N2O6/c1-22-14-13(18)11-5-4-9(17(20)21)7-12(11)16(15(14)19)8-10-3-2-6-23-10/h2-7,18H,8H2,1H3. The number of aromatic hydroxyl groups is 1. The van der Waals surface area contributed by atoms with Crippen LogP contribution in [0, 0.1) is 10.1 Å². The Balaban J connectivity index is 2.35. The van der Waals surface area contributed by atoms with Crippen LogP contribution in [0.4, 0.5) is 5.69 Å². The van der Waals surface area contributed by atoms with Crippen molar-refractivity contribution in [3.05, 3.63) is 62.8 Å². The maximum Gasteiger partial charge on any atom is 0.297 e. The van der Waals surface area contributed by atoms with Crippen LogP contribution in [0.1, 0.15) is 5.76 Å². The zero-order valence-electron chi connectivity index (χ0n) is 12.1. The molecule has 0 saturated heterocycles. The van der Waals surface area contributed by atoms with Gasteiger partial charge in [0, 0.05) is 17.5 Å². The molecule has 1 N–H and O–H groups in total. The number of rotatable bonds is 4. The van der Waals surface area contributed by atoms with E-state index in [4.69, 9.17) is 9.15 Å². The zero-order chi connectivity index (χ0) is 16.6. The topological polar surface area (TPSA) is 108 Å². The van der Waals surface area contributed by atoms with Crippen molar-refractivity contribution in [2.45, 2.75) is 6.54 Å². The number of fused-ring (bicyclic) bond motifs is 1. The molecule has 0 amide bonds. The summed E-state index contributed by atoms with van der Waals surface area (Å²) in [7, 11) is 1.27. The van der Waals surface area contributed by atoms with Crippen molar-refractivity contribution >= 4 is 16.6 Å². The van der Waals surface area contributed by atoms with E-state index in [0.717, 1.165) is 0 Å². The summed E-state index contributed by atoms with van der Waals surface area (Å²) in [6.07, 6.45) is 1.46. The lowest BCUT2D eigenvalue weighted by Gasteiger charge is -2.13. The van der Waals surface area contributed by atoms with Gasteiger partial charge in [-0.15, -0.1) is 0 Å². The van der Waals surface area contributed by atoms with Crippen molar-refractivity contribution in [1.82, 2.24) is 4.57 Å². The van der Waals surface area contributed by atoms with E-state index in [1.807, 2.05) is 0 Å². The summed E-state index contributed by atoms with van der Waals surface area (Å²) in [5.74, 6) is -0.0800. The summed E-state index contributed by atoms with van der Waals surface area (Å²) in [6, 6.07) is 7.21. The normalized spacial score (nSPS) is 10.8. The molecular formula is C15H12N2O6. The number of non-ortho nitro benzene ring substituents is 1. The summed E-state index contributed by atoms with van der Waals surface area (Å²) < 4.78 is 11.5. The van der Waals surface area contributed by atoms with Gasteiger partial charge in [0.25, 0.3) is 11.2 Å². The van der Waals surface area contributed by atoms with Gasteiger partial charge in [0.05, 0.1) is 30.4 Å². The van der Waals surface area contributed by atoms with E-state index in [9.17, 15) is 20.0 Å². The number of hydrogen-bond donors (Lipinski definition) is 1. The average molecular weight is 316 g/mol. The molecule has 3 aromatic rings. The van der Waals surface area contributed by atoms with Crippen molar-refractivity contribution in [2.24, 2.45) is 0 Å². The fourth-order valence-corrected chi connectivity index (χ4v) is 2.41. The maximum absolute atomic E-state index is 12.5. The molecule has 0 bridgehead atoms. The van der Waals surface area contributed by atoms with E-state index in [0.29, 0.717) is 5.76 Å². The number of methoxy groups -OCH3 is 1. The molecule has 0 aliphatic rings. The predicted molar refractivity (Wildman–Crippen MR) is 80.9 cm³/mol. The molecule has 0 radical (unpaired) electrons. The van der Waals surface area contributed by atoms with E-state index in [1.165, 1.54) is 36.1 Å². The smallest absolute Gasteiger partial charge is 0.297 e. The molecule has 3 rings (SSSR count). The first kappa shape index (κ1) is 14.6. The zero-order valence-corrected chi connectivity index (χ0v) is 12.1.